The van der Waals surface area contributed by atoms with Crippen LogP contribution >= 0.6 is 11.8 Å². The minimum Gasteiger partial charge on any atom is -0.444 e. The highest BCUT2D eigenvalue weighted by Crippen LogP contribution is 2.09. The Kier molecular flexibility index (Phi) is 6.48. The fraction of sp³-hybridized carbons (Fsp3) is 0.727. The molecule has 0 atom stereocenters. The number of amides is 1. The Hall–Kier alpha value is -0.640. The summed E-state index contributed by atoms with van der Waals surface area (Å²) in [6.45, 7) is 9.94. The lowest BCUT2D eigenvalue weighted by Gasteiger charge is -2.24. The number of rotatable bonds is 5. The Morgan fingerprint density at radius 2 is 2.13 bits per heavy atom. The molecule has 0 rings (SSSR count). The maximum Gasteiger partial charge on any atom is 0.410 e. The third-order valence-electron chi connectivity index (χ3n) is 1.51. The fourth-order valence-corrected chi connectivity index (χ4v) is 1.54. The molecule has 0 radical (unpaired) electrons. The molecule has 3 nitrogen and oxygen atoms in total. The summed E-state index contributed by atoms with van der Waals surface area (Å²) in [5.74, 6) is 1.82. The van der Waals surface area contributed by atoms with Gasteiger partial charge in [0.1, 0.15) is 5.60 Å². The van der Waals surface area contributed by atoms with E-state index in [0.29, 0.717) is 6.54 Å². The summed E-state index contributed by atoms with van der Waals surface area (Å²) in [4.78, 5) is 13.1. The number of carbonyl (C=O) groups is 1. The van der Waals surface area contributed by atoms with Gasteiger partial charge in [0, 0.05) is 25.1 Å². The van der Waals surface area contributed by atoms with Crippen molar-refractivity contribution in [2.24, 2.45) is 0 Å². The average Bonchev–Trinajstić information content (AvgIpc) is 2.09. The second-order valence-electron chi connectivity index (χ2n) is 4.27. The van der Waals surface area contributed by atoms with Crippen LogP contribution in [0.4, 0.5) is 4.79 Å². The molecule has 0 aromatic rings. The van der Waals surface area contributed by atoms with Crippen LogP contribution in [0.2, 0.25) is 0 Å². The van der Waals surface area contributed by atoms with Crippen molar-refractivity contribution in [3.63, 3.8) is 0 Å². The lowest BCUT2D eigenvalue weighted by atomic mass is 10.2. The van der Waals surface area contributed by atoms with Crippen molar-refractivity contribution in [3.8, 4) is 0 Å². The van der Waals surface area contributed by atoms with Crippen LogP contribution in [0, 0.1) is 0 Å². The van der Waals surface area contributed by atoms with Crippen LogP contribution in [0.3, 0.4) is 0 Å². The van der Waals surface area contributed by atoms with Crippen molar-refractivity contribution >= 4 is 17.9 Å². The van der Waals surface area contributed by atoms with E-state index < -0.39 is 5.60 Å². The molecule has 88 valence electrons. The standard InChI is InChI=1S/C11H21NO2S/c1-6-8-15-9-7-12(5)10(13)14-11(2,3)4/h6H,1,7-9H2,2-5H3. The van der Waals surface area contributed by atoms with Crippen LogP contribution in [0.1, 0.15) is 20.8 Å². The molecule has 0 aliphatic carbocycles. The van der Waals surface area contributed by atoms with Crippen molar-refractivity contribution in [3.05, 3.63) is 12.7 Å². The molecule has 0 saturated carbocycles. The van der Waals surface area contributed by atoms with Gasteiger partial charge in [-0.15, -0.1) is 6.58 Å². The summed E-state index contributed by atoms with van der Waals surface area (Å²) < 4.78 is 5.21. The summed E-state index contributed by atoms with van der Waals surface area (Å²) in [7, 11) is 1.75. The van der Waals surface area contributed by atoms with Gasteiger partial charge in [0.2, 0.25) is 0 Å². The fourth-order valence-electron chi connectivity index (χ4n) is 0.799. The molecule has 1 amide bonds. The zero-order valence-corrected chi connectivity index (χ0v) is 10.9. The number of nitrogens with zero attached hydrogens (tertiary/aromatic N) is 1. The third kappa shape index (κ3) is 8.36. The predicted octanol–water partition coefficient (Wildman–Crippen LogP) is 2.77. The topological polar surface area (TPSA) is 29.5 Å². The average molecular weight is 231 g/mol. The summed E-state index contributed by atoms with van der Waals surface area (Å²) in [5.41, 5.74) is -0.417. The van der Waals surface area contributed by atoms with Crippen LogP contribution in [-0.2, 0) is 4.74 Å². The van der Waals surface area contributed by atoms with E-state index in [1.165, 1.54) is 0 Å². The van der Waals surface area contributed by atoms with Crippen molar-refractivity contribution in [2.75, 3.05) is 25.1 Å². The van der Waals surface area contributed by atoms with Gasteiger partial charge in [0.25, 0.3) is 0 Å². The van der Waals surface area contributed by atoms with Crippen molar-refractivity contribution in [1.82, 2.24) is 4.90 Å². The van der Waals surface area contributed by atoms with Crippen molar-refractivity contribution < 1.29 is 9.53 Å². The van der Waals surface area contributed by atoms with Gasteiger partial charge in [-0.3, -0.25) is 0 Å². The van der Waals surface area contributed by atoms with Gasteiger partial charge in [0.05, 0.1) is 0 Å². The van der Waals surface area contributed by atoms with Gasteiger partial charge in [-0.2, -0.15) is 11.8 Å². The third-order valence-corrected chi connectivity index (χ3v) is 2.45. The monoisotopic (exact) mass is 231 g/mol. The normalized spacial score (nSPS) is 10.9. The summed E-state index contributed by atoms with van der Waals surface area (Å²) in [6.07, 6.45) is 1.60. The number of thioether (sulfide) groups is 1. The minimum absolute atomic E-state index is 0.262. The lowest BCUT2D eigenvalue weighted by molar-refractivity contribution is 0.0309. The summed E-state index contributed by atoms with van der Waals surface area (Å²) in [6, 6.07) is 0. The maximum atomic E-state index is 11.5. The first kappa shape index (κ1) is 14.4. The van der Waals surface area contributed by atoms with E-state index in [1.807, 2.05) is 26.8 Å². The molecule has 0 saturated heterocycles. The van der Waals surface area contributed by atoms with Crippen LogP contribution in [0.15, 0.2) is 12.7 Å². The molecule has 0 aliphatic heterocycles. The molecule has 0 fully saturated rings. The second kappa shape index (κ2) is 6.77. The molecule has 0 spiro atoms. The number of carbonyl (C=O) groups excluding carboxylic acids is 1. The zero-order valence-electron chi connectivity index (χ0n) is 10.1. The first-order valence-electron chi connectivity index (χ1n) is 4.99. The van der Waals surface area contributed by atoms with E-state index in [1.54, 1.807) is 23.7 Å². The van der Waals surface area contributed by atoms with Crippen LogP contribution < -0.4 is 0 Å². The number of ether oxygens (including phenoxy) is 1. The molecule has 0 aliphatic rings. The van der Waals surface area contributed by atoms with Crippen molar-refractivity contribution in [2.45, 2.75) is 26.4 Å². The minimum atomic E-state index is -0.417. The van der Waals surface area contributed by atoms with Gasteiger partial charge in [-0.1, -0.05) is 6.08 Å². The van der Waals surface area contributed by atoms with E-state index in [0.717, 1.165) is 11.5 Å². The molecule has 0 heterocycles. The van der Waals surface area contributed by atoms with Crippen LogP contribution in [0.5, 0.6) is 0 Å². The Morgan fingerprint density at radius 1 is 1.53 bits per heavy atom. The smallest absolute Gasteiger partial charge is 0.410 e. The highest BCUT2D eigenvalue weighted by atomic mass is 32.2. The van der Waals surface area contributed by atoms with Crippen LogP contribution in [-0.4, -0.2) is 41.7 Å². The van der Waals surface area contributed by atoms with Gasteiger partial charge in [-0.25, -0.2) is 4.79 Å². The second-order valence-corrected chi connectivity index (χ2v) is 5.42. The van der Waals surface area contributed by atoms with E-state index in [4.69, 9.17) is 4.74 Å². The van der Waals surface area contributed by atoms with E-state index in [2.05, 4.69) is 6.58 Å². The molecular formula is C11H21NO2S. The van der Waals surface area contributed by atoms with E-state index in [-0.39, 0.29) is 6.09 Å². The van der Waals surface area contributed by atoms with E-state index >= 15 is 0 Å². The Labute approximate surface area is 96.9 Å². The molecule has 0 bridgehead atoms. The summed E-state index contributed by atoms with van der Waals surface area (Å²) >= 11 is 1.75. The highest BCUT2D eigenvalue weighted by molar-refractivity contribution is 7.99. The largest absolute Gasteiger partial charge is 0.444 e. The van der Waals surface area contributed by atoms with Crippen molar-refractivity contribution in [1.29, 1.82) is 0 Å². The lowest BCUT2D eigenvalue weighted by Crippen LogP contribution is -2.35. The quantitative estimate of drug-likeness (QED) is 0.538. The maximum absolute atomic E-state index is 11.5. The SMILES string of the molecule is C=CCSCCN(C)C(=O)OC(C)(C)C. The van der Waals surface area contributed by atoms with Gasteiger partial charge >= 0.3 is 6.09 Å². The molecular weight excluding hydrogens is 210 g/mol. The number of hydrogen-bond donors (Lipinski definition) is 0. The van der Waals surface area contributed by atoms with Gasteiger partial charge in [0.15, 0.2) is 0 Å². The molecule has 0 aromatic carbocycles. The molecule has 0 aromatic heterocycles. The molecule has 0 unspecified atom stereocenters. The molecule has 15 heavy (non-hydrogen) atoms. The molecule has 4 heteroatoms. The Bertz CT molecular complexity index is 211. The highest BCUT2D eigenvalue weighted by Gasteiger charge is 2.18. The Balaban J connectivity index is 3.74. The number of hydrogen-bond acceptors (Lipinski definition) is 3. The zero-order chi connectivity index (χ0) is 11.9. The first-order valence-corrected chi connectivity index (χ1v) is 6.15. The predicted molar refractivity (Wildman–Crippen MR) is 66.4 cm³/mol. The first-order chi connectivity index (χ1) is 6.87. The molecule has 0 N–H and O–H groups in total. The van der Waals surface area contributed by atoms with Gasteiger partial charge < -0.3 is 9.64 Å². The van der Waals surface area contributed by atoms with E-state index in [9.17, 15) is 4.79 Å². The van der Waals surface area contributed by atoms with Gasteiger partial charge in [-0.05, 0) is 20.8 Å². The van der Waals surface area contributed by atoms with Crippen LogP contribution in [0.25, 0.3) is 0 Å². The Morgan fingerprint density at radius 3 is 2.60 bits per heavy atom. The summed E-state index contributed by atoms with van der Waals surface area (Å²) in [5, 5.41) is 0.